The van der Waals surface area contributed by atoms with Gasteiger partial charge in [0.1, 0.15) is 6.04 Å². The van der Waals surface area contributed by atoms with Gasteiger partial charge in [0.2, 0.25) is 11.8 Å². The van der Waals surface area contributed by atoms with E-state index in [1.54, 1.807) is 23.6 Å². The van der Waals surface area contributed by atoms with Gasteiger partial charge < -0.3 is 25.0 Å². The van der Waals surface area contributed by atoms with Crippen molar-refractivity contribution < 1.29 is 24.2 Å². The van der Waals surface area contributed by atoms with Gasteiger partial charge in [-0.05, 0) is 70.2 Å². The molecule has 210 valence electrons. The lowest BCUT2D eigenvalue weighted by Gasteiger charge is -2.38. The first-order valence-electron chi connectivity index (χ1n) is 14.3. The molecule has 2 N–H and O–H groups in total. The van der Waals surface area contributed by atoms with Crippen molar-refractivity contribution in [3.8, 4) is 0 Å². The maximum Gasteiger partial charge on any atom is 0.310 e. The number of ether oxygens (including phenoxy) is 1. The number of hydrogen-bond donors (Lipinski definition) is 2. The highest BCUT2D eigenvalue weighted by Gasteiger charge is 2.76. The summed E-state index contributed by atoms with van der Waals surface area (Å²) < 4.78 is 4.77. The maximum atomic E-state index is 14.0. The van der Waals surface area contributed by atoms with Crippen molar-refractivity contribution in [1.82, 2.24) is 4.90 Å². The van der Waals surface area contributed by atoms with Crippen molar-refractivity contribution >= 4 is 40.9 Å². The van der Waals surface area contributed by atoms with Crippen LogP contribution in [0, 0.1) is 17.8 Å². The summed E-state index contributed by atoms with van der Waals surface area (Å²) in [6.07, 6.45) is 4.03. The predicted molar refractivity (Wildman–Crippen MR) is 151 cm³/mol. The molecule has 3 saturated heterocycles. The van der Waals surface area contributed by atoms with E-state index in [9.17, 15) is 14.4 Å². The third kappa shape index (κ3) is 5.04. The van der Waals surface area contributed by atoms with Crippen molar-refractivity contribution in [3.63, 3.8) is 0 Å². The Kier molecular flexibility index (Phi) is 9.29. The van der Waals surface area contributed by atoms with Gasteiger partial charge in [-0.3, -0.25) is 14.4 Å². The van der Waals surface area contributed by atoms with E-state index < -0.39 is 22.6 Å². The largest absolute Gasteiger partial charge is 0.466 e. The Morgan fingerprint density at radius 3 is 2.45 bits per heavy atom. The van der Waals surface area contributed by atoms with Crippen LogP contribution in [-0.2, 0) is 19.1 Å². The molecule has 4 rings (SSSR count). The van der Waals surface area contributed by atoms with E-state index in [0.717, 1.165) is 50.9 Å². The van der Waals surface area contributed by atoms with Crippen LogP contribution >= 0.6 is 11.8 Å². The van der Waals surface area contributed by atoms with E-state index in [2.05, 4.69) is 31.0 Å². The topological polar surface area (TPSA) is 99.2 Å². The second kappa shape index (κ2) is 12.3. The number of esters is 1. The van der Waals surface area contributed by atoms with Gasteiger partial charge in [0, 0.05) is 42.9 Å². The van der Waals surface area contributed by atoms with Crippen molar-refractivity contribution in [1.29, 1.82) is 0 Å². The summed E-state index contributed by atoms with van der Waals surface area (Å²) in [7, 11) is 0. The maximum absolute atomic E-state index is 14.0. The average molecular weight is 546 g/mol. The number of carbonyl (C=O) groups is 3. The Morgan fingerprint density at radius 1 is 1.13 bits per heavy atom. The number of rotatable bonds is 13. The number of hydrogen-bond acceptors (Lipinski definition) is 7. The van der Waals surface area contributed by atoms with Gasteiger partial charge in [0.15, 0.2) is 0 Å². The van der Waals surface area contributed by atoms with Crippen molar-refractivity contribution in [2.75, 3.05) is 43.1 Å². The van der Waals surface area contributed by atoms with Crippen molar-refractivity contribution in [3.05, 3.63) is 24.3 Å². The van der Waals surface area contributed by atoms with E-state index in [0.29, 0.717) is 12.2 Å². The number of benzene rings is 1. The number of likely N-dealkylation sites (tertiary alicyclic amines) is 1. The predicted octanol–water partition coefficient (Wildman–Crippen LogP) is 3.92. The fourth-order valence-corrected chi connectivity index (χ4v) is 9.28. The van der Waals surface area contributed by atoms with E-state index in [4.69, 9.17) is 9.84 Å². The van der Waals surface area contributed by atoms with Gasteiger partial charge in [-0.25, -0.2) is 0 Å². The summed E-state index contributed by atoms with van der Waals surface area (Å²) in [6, 6.07) is 7.21. The molecular weight excluding hydrogens is 502 g/mol. The van der Waals surface area contributed by atoms with Gasteiger partial charge in [0.25, 0.3) is 0 Å². The molecule has 1 aromatic rings. The molecule has 0 radical (unpaired) electrons. The third-order valence-electron chi connectivity index (χ3n) is 8.62. The monoisotopic (exact) mass is 545 g/mol. The molecule has 1 aromatic carbocycles. The molecule has 2 amide bonds. The smallest absolute Gasteiger partial charge is 0.310 e. The summed E-state index contributed by atoms with van der Waals surface area (Å²) in [6.45, 7) is 10.8. The van der Waals surface area contributed by atoms with Crippen molar-refractivity contribution in [2.45, 2.75) is 75.8 Å². The van der Waals surface area contributed by atoms with Gasteiger partial charge >= 0.3 is 5.97 Å². The number of fused-ring (bicyclic) bond motifs is 1. The zero-order valence-electron chi connectivity index (χ0n) is 23.2. The summed E-state index contributed by atoms with van der Waals surface area (Å²) in [5.41, 5.74) is 1.80. The molecule has 3 heterocycles. The van der Waals surface area contributed by atoms with Crippen LogP contribution < -0.4 is 10.2 Å². The Hall–Kier alpha value is -2.26. The molecule has 1 spiro atoms. The molecule has 9 heteroatoms. The second-order valence-electron chi connectivity index (χ2n) is 10.7. The molecule has 0 aromatic heterocycles. The fraction of sp³-hybridized carbons (Fsp3) is 0.690. The number of carbonyl (C=O) groups excluding carboxylic acids is 3. The number of unbranched alkanes of at least 4 members (excludes halogenated alkanes) is 3. The first-order valence-corrected chi connectivity index (χ1v) is 15.1. The molecule has 3 unspecified atom stereocenters. The van der Waals surface area contributed by atoms with Gasteiger partial charge in [-0.2, -0.15) is 0 Å². The molecule has 3 aliphatic rings. The highest BCUT2D eigenvalue weighted by atomic mass is 32.2. The van der Waals surface area contributed by atoms with Crippen molar-refractivity contribution in [2.24, 2.45) is 17.8 Å². The lowest BCUT2D eigenvalue weighted by atomic mass is 9.66. The van der Waals surface area contributed by atoms with Crippen LogP contribution in [0.25, 0.3) is 0 Å². The summed E-state index contributed by atoms with van der Waals surface area (Å²) in [5.74, 6) is -1.52. The molecule has 2 bridgehead atoms. The minimum absolute atomic E-state index is 0.00615. The Balaban J connectivity index is 1.61. The number of nitrogens with zero attached hydrogens (tertiary/aromatic N) is 2. The average Bonchev–Trinajstić information content (AvgIpc) is 3.49. The van der Waals surface area contributed by atoms with Crippen LogP contribution in [0.4, 0.5) is 11.4 Å². The first kappa shape index (κ1) is 28.7. The molecule has 8 nitrogen and oxygen atoms in total. The van der Waals surface area contributed by atoms with E-state index in [1.165, 1.54) is 0 Å². The highest BCUT2D eigenvalue weighted by Crippen LogP contribution is 2.68. The molecule has 6 atom stereocenters. The minimum atomic E-state index is -0.648. The Labute approximate surface area is 230 Å². The van der Waals surface area contributed by atoms with Crippen LogP contribution in [0.3, 0.4) is 0 Å². The number of thioether (sulfide) groups is 1. The summed E-state index contributed by atoms with van der Waals surface area (Å²) in [5, 5.41) is 12.2. The second-order valence-corrected chi connectivity index (χ2v) is 12.2. The van der Waals surface area contributed by atoms with E-state index in [-0.39, 0.29) is 42.2 Å². The molecule has 38 heavy (non-hydrogen) atoms. The van der Waals surface area contributed by atoms with Gasteiger partial charge in [-0.1, -0.05) is 19.8 Å². The zero-order chi connectivity index (χ0) is 27.4. The van der Waals surface area contributed by atoms with Crippen LogP contribution in [0.5, 0.6) is 0 Å². The molecule has 0 saturated carbocycles. The quantitative estimate of drug-likeness (QED) is 0.286. The standard InChI is InChI=1S/C29H43N3O5S/c1-5-31(6-2)21-14-12-20(13-15-21)30-26(34)25-29-19(4)18-22(38-29)23(28(36)37-7-3)24(29)27(35)32(25)16-10-8-9-11-17-33/h12-15,19,22-25,33H,5-11,16-18H2,1-4H3,(H,30,34)/t19?,22-,23+,24-,25?,29?/m0/s1. The van der Waals surface area contributed by atoms with Crippen LogP contribution in [-0.4, -0.2) is 76.7 Å². The fourth-order valence-electron chi connectivity index (χ4n) is 6.87. The lowest BCUT2D eigenvalue weighted by molar-refractivity contribution is -0.154. The van der Waals surface area contributed by atoms with Gasteiger partial charge in [0.05, 0.1) is 23.2 Å². The molecular formula is C29H43N3O5S. The molecule has 3 fully saturated rings. The number of amides is 2. The van der Waals surface area contributed by atoms with Crippen LogP contribution in [0.2, 0.25) is 0 Å². The van der Waals surface area contributed by atoms with E-state index >= 15 is 0 Å². The number of anilines is 2. The highest BCUT2D eigenvalue weighted by molar-refractivity contribution is 8.02. The van der Waals surface area contributed by atoms with E-state index in [1.807, 2.05) is 24.3 Å². The molecule has 0 aliphatic carbocycles. The summed E-state index contributed by atoms with van der Waals surface area (Å²) >= 11 is 1.67. The first-order chi connectivity index (χ1) is 18.3. The third-order valence-corrected chi connectivity index (χ3v) is 10.7. The van der Waals surface area contributed by atoms with Gasteiger partial charge in [-0.15, -0.1) is 11.8 Å². The minimum Gasteiger partial charge on any atom is -0.466 e. The number of aliphatic hydroxyl groups excluding tert-OH is 1. The summed E-state index contributed by atoms with van der Waals surface area (Å²) in [4.78, 5) is 45.1. The zero-order valence-corrected chi connectivity index (χ0v) is 24.0. The normalized spacial score (nSPS) is 29.4. The van der Waals surface area contributed by atoms with Crippen LogP contribution in [0.1, 0.15) is 59.8 Å². The Bertz CT molecular complexity index is 1000. The number of nitrogens with one attached hydrogen (secondary N) is 1. The SMILES string of the molecule is CCOC(=O)[C@@H]1[C@@H]2CC(C)C3(S2)C(C(=O)Nc2ccc(N(CC)CC)cc2)N(CCCCCCO)C(=O)[C@H]13. The van der Waals surface area contributed by atoms with Crippen LogP contribution in [0.15, 0.2) is 24.3 Å². The lowest BCUT2D eigenvalue weighted by Crippen LogP contribution is -2.54. The molecule has 3 aliphatic heterocycles. The Morgan fingerprint density at radius 2 is 1.82 bits per heavy atom. The number of aliphatic hydroxyl groups is 1.